The van der Waals surface area contributed by atoms with Crippen LogP contribution in [-0.4, -0.2) is 6.04 Å². The molecule has 1 N–H and O–H groups in total. The molecule has 0 bridgehead atoms. The molecule has 1 aliphatic carbocycles. The molecule has 2 rings (SSSR count). The molecular weight excluding hydrogens is 301 g/mol. The van der Waals surface area contributed by atoms with E-state index in [0.29, 0.717) is 16.5 Å². The van der Waals surface area contributed by atoms with Crippen LogP contribution in [0.15, 0.2) is 18.2 Å². The van der Waals surface area contributed by atoms with E-state index in [4.69, 9.17) is 23.2 Å². The Morgan fingerprint density at radius 3 is 2.38 bits per heavy atom. The maximum absolute atomic E-state index is 6.22. The highest BCUT2D eigenvalue weighted by molar-refractivity contribution is 6.35. The molecule has 0 heterocycles. The molecule has 118 valence electrons. The maximum atomic E-state index is 6.22. The van der Waals surface area contributed by atoms with Crippen molar-refractivity contribution in [3.05, 3.63) is 33.8 Å². The summed E-state index contributed by atoms with van der Waals surface area (Å²) in [5, 5.41) is 5.12. The van der Waals surface area contributed by atoms with Gasteiger partial charge in [-0.05, 0) is 54.7 Å². The van der Waals surface area contributed by atoms with Crippen LogP contribution < -0.4 is 5.32 Å². The van der Waals surface area contributed by atoms with E-state index in [2.05, 4.69) is 26.1 Å². The van der Waals surface area contributed by atoms with Gasteiger partial charge in [0.2, 0.25) is 0 Å². The first kappa shape index (κ1) is 17.1. The van der Waals surface area contributed by atoms with Gasteiger partial charge in [-0.2, -0.15) is 0 Å². The second-order valence-electron chi connectivity index (χ2n) is 7.01. The van der Waals surface area contributed by atoms with E-state index in [9.17, 15) is 0 Å². The second-order valence-corrected chi connectivity index (χ2v) is 7.85. The summed E-state index contributed by atoms with van der Waals surface area (Å²) in [7, 11) is 0. The number of halogens is 2. The zero-order valence-electron chi connectivity index (χ0n) is 13.4. The Balaban J connectivity index is 1.81. The molecular formula is C18H27Cl2N. The van der Waals surface area contributed by atoms with Crippen molar-refractivity contribution in [3.63, 3.8) is 0 Å². The van der Waals surface area contributed by atoms with Crippen molar-refractivity contribution in [1.29, 1.82) is 0 Å². The quantitative estimate of drug-likeness (QED) is 0.691. The Morgan fingerprint density at radius 2 is 1.81 bits per heavy atom. The highest BCUT2D eigenvalue weighted by atomic mass is 35.5. The van der Waals surface area contributed by atoms with Crippen LogP contribution in [0.4, 0.5) is 0 Å². The predicted molar refractivity (Wildman–Crippen MR) is 93.1 cm³/mol. The van der Waals surface area contributed by atoms with E-state index in [1.807, 2.05) is 18.2 Å². The lowest BCUT2D eigenvalue weighted by Crippen LogP contribution is -2.36. The zero-order chi connectivity index (χ0) is 15.5. The maximum Gasteiger partial charge on any atom is 0.0465 e. The minimum Gasteiger partial charge on any atom is -0.310 e. The Kier molecular flexibility index (Phi) is 5.99. The third-order valence-corrected chi connectivity index (χ3v) is 5.93. The lowest BCUT2D eigenvalue weighted by molar-refractivity contribution is 0.137. The minimum absolute atomic E-state index is 0.491. The van der Waals surface area contributed by atoms with Crippen LogP contribution in [0.5, 0.6) is 0 Å². The second kappa shape index (κ2) is 7.35. The van der Waals surface area contributed by atoms with Crippen LogP contribution >= 0.6 is 23.2 Å². The van der Waals surface area contributed by atoms with E-state index in [0.717, 1.165) is 23.0 Å². The lowest BCUT2D eigenvalue weighted by Gasteiger charge is -2.39. The van der Waals surface area contributed by atoms with Gasteiger partial charge >= 0.3 is 0 Å². The average Bonchev–Trinajstić information content (AvgIpc) is 2.47. The van der Waals surface area contributed by atoms with Crippen molar-refractivity contribution in [2.45, 2.75) is 65.5 Å². The highest BCUT2D eigenvalue weighted by Crippen LogP contribution is 2.40. The van der Waals surface area contributed by atoms with Gasteiger partial charge in [0.15, 0.2) is 0 Å². The molecule has 0 spiro atoms. The molecule has 1 nitrogen and oxygen atoms in total. The predicted octanol–water partition coefficient (Wildman–Crippen LogP) is 6.08. The highest BCUT2D eigenvalue weighted by Gasteiger charge is 2.31. The summed E-state index contributed by atoms with van der Waals surface area (Å²) in [4.78, 5) is 0. The molecule has 1 fully saturated rings. The van der Waals surface area contributed by atoms with Gasteiger partial charge in [0, 0.05) is 22.6 Å². The van der Waals surface area contributed by atoms with Crippen LogP contribution in [0.2, 0.25) is 10.0 Å². The van der Waals surface area contributed by atoms with Crippen molar-refractivity contribution in [1.82, 2.24) is 5.32 Å². The summed E-state index contributed by atoms with van der Waals surface area (Å²) in [5.41, 5.74) is 1.63. The summed E-state index contributed by atoms with van der Waals surface area (Å²) in [5.74, 6) is 0.875. The molecule has 0 atom stereocenters. The SMILES string of the molecule is CCC(C)(C)C1CCC(NCc2ccc(Cl)cc2Cl)CC1. The third-order valence-electron chi connectivity index (χ3n) is 5.34. The standard InChI is InChI=1S/C18H27Cl2N/c1-4-18(2,3)14-6-9-16(10-7-14)21-12-13-5-8-15(19)11-17(13)20/h5,8,11,14,16,21H,4,6-7,9-10,12H2,1-3H3. The van der Waals surface area contributed by atoms with E-state index in [-0.39, 0.29) is 0 Å². The largest absolute Gasteiger partial charge is 0.310 e. The molecule has 0 aliphatic heterocycles. The number of hydrogen-bond acceptors (Lipinski definition) is 1. The van der Waals surface area contributed by atoms with Crippen LogP contribution in [0.3, 0.4) is 0 Å². The molecule has 1 aromatic rings. The molecule has 0 amide bonds. The van der Waals surface area contributed by atoms with E-state index < -0.39 is 0 Å². The van der Waals surface area contributed by atoms with Crippen LogP contribution in [0, 0.1) is 11.3 Å². The first-order chi connectivity index (χ1) is 9.92. The monoisotopic (exact) mass is 327 g/mol. The Bertz CT molecular complexity index is 462. The molecule has 1 aromatic carbocycles. The van der Waals surface area contributed by atoms with Gasteiger partial charge in [0.05, 0.1) is 0 Å². The number of benzene rings is 1. The normalized spacial score (nSPS) is 23.3. The number of nitrogens with one attached hydrogen (secondary N) is 1. The van der Waals surface area contributed by atoms with Crippen molar-refractivity contribution in [3.8, 4) is 0 Å². The van der Waals surface area contributed by atoms with Crippen molar-refractivity contribution < 1.29 is 0 Å². The van der Waals surface area contributed by atoms with Gasteiger partial charge in [0.25, 0.3) is 0 Å². The summed E-state index contributed by atoms with van der Waals surface area (Å²) >= 11 is 12.2. The van der Waals surface area contributed by atoms with Crippen molar-refractivity contribution >= 4 is 23.2 Å². The molecule has 0 saturated heterocycles. The molecule has 1 aliphatic rings. The van der Waals surface area contributed by atoms with E-state index >= 15 is 0 Å². The van der Waals surface area contributed by atoms with E-state index in [1.165, 1.54) is 32.1 Å². The zero-order valence-corrected chi connectivity index (χ0v) is 14.9. The molecule has 3 heteroatoms. The third kappa shape index (κ3) is 4.61. The van der Waals surface area contributed by atoms with Crippen molar-refractivity contribution in [2.75, 3.05) is 0 Å². The summed E-state index contributed by atoms with van der Waals surface area (Å²) in [6.07, 6.45) is 6.51. The topological polar surface area (TPSA) is 12.0 Å². The Hall–Kier alpha value is -0.240. The first-order valence-electron chi connectivity index (χ1n) is 8.09. The molecule has 21 heavy (non-hydrogen) atoms. The molecule has 0 aromatic heterocycles. The van der Waals surface area contributed by atoms with Crippen LogP contribution in [0.1, 0.15) is 58.4 Å². The Morgan fingerprint density at radius 1 is 1.14 bits per heavy atom. The fourth-order valence-electron chi connectivity index (χ4n) is 3.29. The summed E-state index contributed by atoms with van der Waals surface area (Å²) in [6.45, 7) is 7.98. The summed E-state index contributed by atoms with van der Waals surface area (Å²) < 4.78 is 0. The van der Waals surface area contributed by atoms with Gasteiger partial charge < -0.3 is 5.32 Å². The van der Waals surface area contributed by atoms with Gasteiger partial charge in [0.1, 0.15) is 0 Å². The van der Waals surface area contributed by atoms with Crippen molar-refractivity contribution in [2.24, 2.45) is 11.3 Å². The van der Waals surface area contributed by atoms with Gasteiger partial charge in [-0.15, -0.1) is 0 Å². The number of rotatable bonds is 5. The fraction of sp³-hybridized carbons (Fsp3) is 0.667. The lowest BCUT2D eigenvalue weighted by atomic mass is 9.69. The first-order valence-corrected chi connectivity index (χ1v) is 8.85. The van der Waals surface area contributed by atoms with E-state index in [1.54, 1.807) is 0 Å². The smallest absolute Gasteiger partial charge is 0.0465 e. The average molecular weight is 328 g/mol. The Labute approximate surface area is 139 Å². The molecule has 1 saturated carbocycles. The molecule has 0 radical (unpaired) electrons. The van der Waals surface area contributed by atoms with Crippen LogP contribution in [0.25, 0.3) is 0 Å². The van der Waals surface area contributed by atoms with Gasteiger partial charge in [-0.3, -0.25) is 0 Å². The minimum atomic E-state index is 0.491. The fourth-order valence-corrected chi connectivity index (χ4v) is 3.76. The summed E-state index contributed by atoms with van der Waals surface area (Å²) in [6, 6.07) is 6.37. The number of hydrogen-bond donors (Lipinski definition) is 1. The van der Waals surface area contributed by atoms with Gasteiger partial charge in [-0.1, -0.05) is 56.5 Å². The molecule has 0 unspecified atom stereocenters. The van der Waals surface area contributed by atoms with Gasteiger partial charge in [-0.25, -0.2) is 0 Å². The van der Waals surface area contributed by atoms with Crippen LogP contribution in [-0.2, 0) is 6.54 Å².